The molecule has 4 heteroatoms. The minimum atomic E-state index is -2.77. The van der Waals surface area contributed by atoms with E-state index in [4.69, 9.17) is 0 Å². The Morgan fingerprint density at radius 1 is 1.11 bits per heavy atom. The summed E-state index contributed by atoms with van der Waals surface area (Å²) in [5, 5.41) is 3.22. The molecule has 0 aliphatic heterocycles. The molecule has 0 saturated heterocycles. The van der Waals surface area contributed by atoms with Crippen LogP contribution in [0.15, 0.2) is 24.3 Å². The maximum atomic E-state index is 12.1. The fraction of sp³-hybridized carbons (Fsp3) is 0.600. The lowest BCUT2D eigenvalue weighted by atomic mass is 10.1. The van der Waals surface area contributed by atoms with Crippen LogP contribution in [-0.2, 0) is 0 Å². The maximum Gasteiger partial charge on any atom is 0.387 e. The first kappa shape index (κ1) is 15.7. The van der Waals surface area contributed by atoms with Crippen molar-refractivity contribution in [3.63, 3.8) is 0 Å². The van der Waals surface area contributed by atoms with Crippen LogP contribution >= 0.6 is 0 Å². The van der Waals surface area contributed by atoms with Gasteiger partial charge in [0.15, 0.2) is 0 Å². The van der Waals surface area contributed by atoms with Crippen LogP contribution in [0.4, 0.5) is 14.5 Å². The molecule has 2 nitrogen and oxygen atoms in total. The minimum absolute atomic E-state index is 0.197. The first-order valence-corrected chi connectivity index (χ1v) is 7.01. The number of halogens is 2. The van der Waals surface area contributed by atoms with E-state index >= 15 is 0 Å². The fourth-order valence-corrected chi connectivity index (χ4v) is 1.92. The van der Waals surface area contributed by atoms with Gasteiger partial charge in [-0.3, -0.25) is 0 Å². The summed E-state index contributed by atoms with van der Waals surface area (Å²) < 4.78 is 28.5. The Balaban J connectivity index is 2.18. The van der Waals surface area contributed by atoms with E-state index in [1.54, 1.807) is 12.1 Å². The predicted octanol–water partition coefficient (Wildman–Crippen LogP) is 5.06. The van der Waals surface area contributed by atoms with Gasteiger partial charge in [-0.1, -0.05) is 45.1 Å². The SMILES string of the molecule is CCCCCCCCNc1cccc(OC(F)F)c1. The highest BCUT2D eigenvalue weighted by atomic mass is 19.3. The van der Waals surface area contributed by atoms with E-state index in [1.165, 1.54) is 38.2 Å². The van der Waals surface area contributed by atoms with Crippen molar-refractivity contribution < 1.29 is 13.5 Å². The van der Waals surface area contributed by atoms with Gasteiger partial charge in [0.05, 0.1) is 0 Å². The molecule has 0 radical (unpaired) electrons. The number of alkyl halides is 2. The van der Waals surface area contributed by atoms with E-state index in [9.17, 15) is 8.78 Å². The number of unbranched alkanes of at least 4 members (excludes halogenated alkanes) is 5. The van der Waals surface area contributed by atoms with Gasteiger partial charge in [0, 0.05) is 18.3 Å². The van der Waals surface area contributed by atoms with E-state index in [1.807, 2.05) is 6.07 Å². The van der Waals surface area contributed by atoms with Crippen molar-refractivity contribution in [2.24, 2.45) is 0 Å². The van der Waals surface area contributed by atoms with Crippen LogP contribution in [-0.4, -0.2) is 13.2 Å². The summed E-state index contributed by atoms with van der Waals surface area (Å²) in [6.07, 6.45) is 7.44. The summed E-state index contributed by atoms with van der Waals surface area (Å²) in [6.45, 7) is 0.300. The molecule has 0 spiro atoms. The number of hydrogen-bond donors (Lipinski definition) is 1. The molecule has 1 aromatic carbocycles. The molecule has 0 atom stereocenters. The van der Waals surface area contributed by atoms with E-state index < -0.39 is 6.61 Å². The van der Waals surface area contributed by atoms with Gasteiger partial charge in [-0.15, -0.1) is 0 Å². The molecule has 19 heavy (non-hydrogen) atoms. The molecule has 0 amide bonds. The molecule has 0 unspecified atom stereocenters. The molecule has 1 aromatic rings. The number of benzene rings is 1. The van der Waals surface area contributed by atoms with E-state index in [0.29, 0.717) is 0 Å². The lowest BCUT2D eigenvalue weighted by Gasteiger charge is -2.09. The fourth-order valence-electron chi connectivity index (χ4n) is 1.92. The van der Waals surface area contributed by atoms with E-state index in [0.717, 1.165) is 18.7 Å². The summed E-state index contributed by atoms with van der Waals surface area (Å²) in [4.78, 5) is 0. The highest BCUT2D eigenvalue weighted by molar-refractivity contribution is 5.48. The maximum absolute atomic E-state index is 12.1. The van der Waals surface area contributed by atoms with Crippen molar-refractivity contribution in [1.82, 2.24) is 0 Å². The average Bonchev–Trinajstić information content (AvgIpc) is 2.37. The third kappa shape index (κ3) is 7.65. The lowest BCUT2D eigenvalue weighted by molar-refractivity contribution is -0.0498. The van der Waals surface area contributed by atoms with Crippen LogP contribution in [0.5, 0.6) is 5.75 Å². The molecule has 0 aliphatic carbocycles. The van der Waals surface area contributed by atoms with Crippen molar-refractivity contribution in [2.75, 3.05) is 11.9 Å². The molecular weight excluding hydrogens is 248 g/mol. The molecule has 0 bridgehead atoms. The number of hydrogen-bond acceptors (Lipinski definition) is 2. The standard InChI is InChI=1S/C15H23F2NO/c1-2-3-4-5-6-7-11-18-13-9-8-10-14(12-13)19-15(16)17/h8-10,12,15,18H,2-7,11H2,1H3. The highest BCUT2D eigenvalue weighted by Crippen LogP contribution is 2.19. The topological polar surface area (TPSA) is 21.3 Å². The van der Waals surface area contributed by atoms with Crippen LogP contribution in [0.1, 0.15) is 45.4 Å². The van der Waals surface area contributed by atoms with E-state index in [-0.39, 0.29) is 5.75 Å². The van der Waals surface area contributed by atoms with Gasteiger partial charge in [-0.2, -0.15) is 8.78 Å². The summed E-state index contributed by atoms with van der Waals surface area (Å²) in [6, 6.07) is 6.70. The Bertz CT molecular complexity index is 345. The monoisotopic (exact) mass is 271 g/mol. The number of anilines is 1. The second kappa shape index (κ2) is 9.59. The van der Waals surface area contributed by atoms with Crippen molar-refractivity contribution >= 4 is 5.69 Å². The largest absolute Gasteiger partial charge is 0.435 e. The zero-order valence-corrected chi connectivity index (χ0v) is 11.5. The van der Waals surface area contributed by atoms with Crippen molar-refractivity contribution in [2.45, 2.75) is 52.1 Å². The van der Waals surface area contributed by atoms with Gasteiger partial charge < -0.3 is 10.1 Å². The van der Waals surface area contributed by atoms with Gasteiger partial charge in [0.1, 0.15) is 5.75 Å². The molecule has 108 valence electrons. The Hall–Kier alpha value is -1.32. The first-order valence-electron chi connectivity index (χ1n) is 7.01. The van der Waals surface area contributed by atoms with Gasteiger partial charge >= 0.3 is 6.61 Å². The first-order chi connectivity index (χ1) is 9.22. The average molecular weight is 271 g/mol. The molecule has 0 saturated carbocycles. The van der Waals surface area contributed by atoms with Gasteiger partial charge in [0.2, 0.25) is 0 Å². The number of rotatable bonds is 10. The summed E-state index contributed by atoms with van der Waals surface area (Å²) in [5.74, 6) is 0.197. The molecule has 0 heterocycles. The molecule has 0 fully saturated rings. The molecule has 1 rings (SSSR count). The minimum Gasteiger partial charge on any atom is -0.435 e. The zero-order valence-electron chi connectivity index (χ0n) is 11.5. The zero-order chi connectivity index (χ0) is 13.9. The third-order valence-electron chi connectivity index (χ3n) is 2.92. The summed E-state index contributed by atoms with van der Waals surface area (Å²) in [5.41, 5.74) is 0.826. The normalized spacial score (nSPS) is 10.7. The van der Waals surface area contributed by atoms with Crippen LogP contribution < -0.4 is 10.1 Å². The second-order valence-corrected chi connectivity index (χ2v) is 4.60. The quantitative estimate of drug-likeness (QED) is 0.600. The molecule has 0 aliphatic rings. The van der Waals surface area contributed by atoms with Crippen molar-refractivity contribution in [3.8, 4) is 5.75 Å². The van der Waals surface area contributed by atoms with Gasteiger partial charge in [-0.25, -0.2) is 0 Å². The third-order valence-corrected chi connectivity index (χ3v) is 2.92. The number of nitrogens with one attached hydrogen (secondary N) is 1. The molecule has 0 aromatic heterocycles. The Labute approximate surface area is 114 Å². The predicted molar refractivity (Wildman–Crippen MR) is 74.9 cm³/mol. The molecule has 1 N–H and O–H groups in total. The smallest absolute Gasteiger partial charge is 0.387 e. The van der Waals surface area contributed by atoms with Crippen LogP contribution in [0.3, 0.4) is 0 Å². The van der Waals surface area contributed by atoms with Crippen LogP contribution in [0.25, 0.3) is 0 Å². The van der Waals surface area contributed by atoms with Crippen LogP contribution in [0.2, 0.25) is 0 Å². The van der Waals surface area contributed by atoms with Crippen molar-refractivity contribution in [1.29, 1.82) is 0 Å². The Morgan fingerprint density at radius 3 is 2.58 bits per heavy atom. The van der Waals surface area contributed by atoms with E-state index in [2.05, 4.69) is 17.0 Å². The summed E-state index contributed by atoms with van der Waals surface area (Å²) in [7, 11) is 0. The summed E-state index contributed by atoms with van der Waals surface area (Å²) >= 11 is 0. The lowest BCUT2D eigenvalue weighted by Crippen LogP contribution is -2.04. The van der Waals surface area contributed by atoms with Crippen LogP contribution in [0, 0.1) is 0 Å². The Kier molecular flexibility index (Phi) is 7.94. The highest BCUT2D eigenvalue weighted by Gasteiger charge is 2.04. The van der Waals surface area contributed by atoms with Gasteiger partial charge in [0.25, 0.3) is 0 Å². The molecular formula is C15H23F2NO. The van der Waals surface area contributed by atoms with Crippen molar-refractivity contribution in [3.05, 3.63) is 24.3 Å². The Morgan fingerprint density at radius 2 is 1.84 bits per heavy atom. The number of ether oxygens (including phenoxy) is 1. The second-order valence-electron chi connectivity index (χ2n) is 4.60. The van der Waals surface area contributed by atoms with Gasteiger partial charge in [-0.05, 0) is 18.6 Å².